The fraction of sp³-hybridized carbons (Fsp3) is 0.448. The molecule has 0 radical (unpaired) electrons. The van der Waals surface area contributed by atoms with E-state index in [9.17, 15) is 19.2 Å². The van der Waals surface area contributed by atoms with Crippen LogP contribution in [0.15, 0.2) is 44.1 Å². The molecule has 0 aliphatic rings. The third-order valence-corrected chi connectivity index (χ3v) is 6.71. The molecule has 1 aromatic carbocycles. The van der Waals surface area contributed by atoms with E-state index < -0.39 is 46.8 Å². The molecular weight excluding hydrogens is 558 g/mol. The van der Waals surface area contributed by atoms with E-state index in [4.69, 9.17) is 8.83 Å². The molecule has 4 aromatic rings. The molecule has 2 amide bonds. The number of benzene rings is 1. The first-order valence-corrected chi connectivity index (χ1v) is 13.6. The number of carbonyl (C=O) groups is 3. The second kappa shape index (κ2) is 11.8. The Morgan fingerprint density at radius 3 is 2.35 bits per heavy atom. The molecule has 228 valence electrons. The van der Waals surface area contributed by atoms with E-state index in [0.29, 0.717) is 22.8 Å². The van der Waals surface area contributed by atoms with Gasteiger partial charge in [-0.1, -0.05) is 46.8 Å². The quantitative estimate of drug-likeness (QED) is 0.270. The highest BCUT2D eigenvalue weighted by Gasteiger charge is 2.37. The zero-order valence-corrected chi connectivity index (χ0v) is 25.3. The van der Waals surface area contributed by atoms with Crippen LogP contribution in [0.25, 0.3) is 11.1 Å². The van der Waals surface area contributed by atoms with E-state index in [0.717, 1.165) is 11.7 Å². The highest BCUT2D eigenvalue weighted by Crippen LogP contribution is 2.32. The molecule has 0 aliphatic heterocycles. The molecule has 2 N–H and O–H groups in total. The molecule has 0 spiro atoms. The second-order valence-electron chi connectivity index (χ2n) is 11.9. The molecule has 0 bridgehead atoms. The lowest BCUT2D eigenvalue weighted by molar-refractivity contribution is -0.122. The van der Waals surface area contributed by atoms with Gasteiger partial charge in [-0.25, -0.2) is 14.8 Å². The summed E-state index contributed by atoms with van der Waals surface area (Å²) in [5.74, 6) is -1.15. The number of nitrogens with one attached hydrogen (secondary N) is 2. The number of amides is 2. The molecule has 0 unspecified atom stereocenters. The Balaban J connectivity index is 1.57. The van der Waals surface area contributed by atoms with Crippen LogP contribution in [0.5, 0.6) is 0 Å². The van der Waals surface area contributed by atoms with Gasteiger partial charge >= 0.3 is 6.09 Å². The lowest BCUT2D eigenvalue weighted by atomic mass is 9.93. The number of carbonyl (C=O) groups excluding carboxylic acids is 3. The molecule has 14 nitrogen and oxygen atoms in total. The fourth-order valence-electron chi connectivity index (χ4n) is 4.32. The number of oxazole rings is 1. The maximum Gasteiger partial charge on any atom is 0.411 e. The average Bonchev–Trinajstić information content (AvgIpc) is 3.61. The lowest BCUT2D eigenvalue weighted by Gasteiger charge is -2.24. The Morgan fingerprint density at radius 2 is 1.72 bits per heavy atom. The second-order valence-corrected chi connectivity index (χ2v) is 11.9. The molecular formula is C29H35N7O7. The summed E-state index contributed by atoms with van der Waals surface area (Å²) < 4.78 is 17.4. The summed E-state index contributed by atoms with van der Waals surface area (Å²) in [6.45, 7) is 12.1. The first-order valence-electron chi connectivity index (χ1n) is 13.6. The largest absolute Gasteiger partial charge is 0.453 e. The van der Waals surface area contributed by atoms with E-state index in [2.05, 4.69) is 35.5 Å². The Morgan fingerprint density at radius 1 is 1.02 bits per heavy atom. The van der Waals surface area contributed by atoms with Crippen LogP contribution in [-0.4, -0.2) is 55.7 Å². The number of nitrogens with zero attached hydrogens (tertiary/aromatic N) is 5. The van der Waals surface area contributed by atoms with Gasteiger partial charge in [0.05, 0.1) is 19.3 Å². The first-order chi connectivity index (χ1) is 20.1. The summed E-state index contributed by atoms with van der Waals surface area (Å²) in [5.41, 5.74) is -1.14. The summed E-state index contributed by atoms with van der Waals surface area (Å²) in [4.78, 5) is 60.5. The molecule has 1 atom stereocenters. The third kappa shape index (κ3) is 6.47. The van der Waals surface area contributed by atoms with E-state index in [1.807, 2.05) is 39.0 Å². The summed E-state index contributed by atoms with van der Waals surface area (Å²) in [6.07, 6.45) is 0.353. The average molecular weight is 594 g/mol. The van der Waals surface area contributed by atoms with Gasteiger partial charge in [0, 0.05) is 5.41 Å². The SMILES string of the molecule is COC(=O)Nc1cnc(C(C)(C)C)n(CC(=O)N[C@H](C(=O)c2nnc(C(C)(C)c3nc4ccccc4o3)o2)C(C)C)c1=O. The molecule has 0 saturated heterocycles. The van der Waals surface area contributed by atoms with Crippen molar-refractivity contribution in [1.29, 1.82) is 0 Å². The van der Waals surface area contributed by atoms with Gasteiger partial charge in [-0.05, 0) is 31.9 Å². The van der Waals surface area contributed by atoms with Crippen LogP contribution in [0.3, 0.4) is 0 Å². The number of Topliss-reactive ketones (excluding diaryl/α,β-unsaturated/α-hetero) is 1. The number of hydrogen-bond acceptors (Lipinski definition) is 11. The van der Waals surface area contributed by atoms with E-state index in [1.165, 1.54) is 6.20 Å². The number of methoxy groups -OCH3 is 1. The molecule has 0 aliphatic carbocycles. The maximum atomic E-state index is 13.5. The Labute approximate surface area is 247 Å². The predicted molar refractivity (Wildman–Crippen MR) is 155 cm³/mol. The summed E-state index contributed by atoms with van der Waals surface area (Å²) in [7, 11) is 1.16. The Kier molecular flexibility index (Phi) is 8.51. The van der Waals surface area contributed by atoms with Crippen molar-refractivity contribution in [2.75, 3.05) is 12.4 Å². The van der Waals surface area contributed by atoms with Crippen molar-refractivity contribution in [2.24, 2.45) is 5.92 Å². The van der Waals surface area contributed by atoms with Crippen LogP contribution >= 0.6 is 0 Å². The number of ketones is 1. The highest BCUT2D eigenvalue weighted by atomic mass is 16.5. The molecule has 0 saturated carbocycles. The van der Waals surface area contributed by atoms with Crippen molar-refractivity contribution in [3.8, 4) is 0 Å². The van der Waals surface area contributed by atoms with Gasteiger partial charge in [0.2, 0.25) is 23.5 Å². The number of fused-ring (bicyclic) bond motifs is 1. The van der Waals surface area contributed by atoms with Crippen LogP contribution < -0.4 is 16.2 Å². The Bertz CT molecular complexity index is 1690. The first kappa shape index (κ1) is 31.1. The van der Waals surface area contributed by atoms with Gasteiger partial charge in [0.15, 0.2) is 5.58 Å². The number of ether oxygens (including phenoxy) is 1. The van der Waals surface area contributed by atoms with Crippen molar-refractivity contribution in [3.63, 3.8) is 0 Å². The van der Waals surface area contributed by atoms with Crippen LogP contribution in [0.2, 0.25) is 0 Å². The number of para-hydroxylation sites is 2. The van der Waals surface area contributed by atoms with Gasteiger partial charge in [0.1, 0.15) is 29.0 Å². The van der Waals surface area contributed by atoms with E-state index >= 15 is 0 Å². The molecule has 43 heavy (non-hydrogen) atoms. The van der Waals surface area contributed by atoms with Crippen molar-refractivity contribution in [3.05, 3.63) is 64.3 Å². The van der Waals surface area contributed by atoms with Gasteiger partial charge in [0.25, 0.3) is 11.4 Å². The Hall–Kier alpha value is -4.88. The molecule has 0 fully saturated rings. The maximum absolute atomic E-state index is 13.5. The minimum Gasteiger partial charge on any atom is -0.453 e. The monoisotopic (exact) mass is 593 g/mol. The molecule has 3 heterocycles. The fourth-order valence-corrected chi connectivity index (χ4v) is 4.32. The minimum atomic E-state index is -1.05. The number of aromatic nitrogens is 5. The summed E-state index contributed by atoms with van der Waals surface area (Å²) in [5, 5.41) is 13.0. The topological polar surface area (TPSA) is 184 Å². The highest BCUT2D eigenvalue weighted by molar-refractivity contribution is 5.98. The van der Waals surface area contributed by atoms with E-state index in [-0.39, 0.29) is 23.4 Å². The number of anilines is 1. The smallest absolute Gasteiger partial charge is 0.411 e. The van der Waals surface area contributed by atoms with Crippen LogP contribution in [0, 0.1) is 5.92 Å². The molecule has 14 heteroatoms. The van der Waals surface area contributed by atoms with Crippen LogP contribution in [0.4, 0.5) is 10.5 Å². The van der Waals surface area contributed by atoms with Gasteiger partial charge < -0.3 is 18.9 Å². The van der Waals surface area contributed by atoms with Crippen molar-refractivity contribution < 1.29 is 28.0 Å². The normalized spacial score (nSPS) is 12.8. The summed E-state index contributed by atoms with van der Waals surface area (Å²) >= 11 is 0. The zero-order chi connectivity index (χ0) is 31.7. The van der Waals surface area contributed by atoms with Gasteiger partial charge in [-0.2, -0.15) is 0 Å². The van der Waals surface area contributed by atoms with Crippen molar-refractivity contribution in [1.82, 2.24) is 30.0 Å². The lowest BCUT2D eigenvalue weighted by Crippen LogP contribution is -2.47. The molecule has 4 rings (SSSR count). The standard InChI is InChI=1S/C29H35N7O7/c1-15(2)20(33-19(37)14-36-23(39)17(32-27(40)41-8)13-30-24(36)28(3,4)5)21(38)22-34-35-26(43-22)29(6,7)25-31-16-11-9-10-12-18(16)42-25/h9-13,15,20H,14H2,1-8H3,(H,32,40)(H,33,37)/t20-/m0/s1. The summed E-state index contributed by atoms with van der Waals surface area (Å²) in [6, 6.07) is 6.24. The number of hydrogen-bond donors (Lipinski definition) is 2. The van der Waals surface area contributed by atoms with Gasteiger partial charge in [-0.15, -0.1) is 10.2 Å². The third-order valence-electron chi connectivity index (χ3n) is 6.71. The zero-order valence-electron chi connectivity index (χ0n) is 25.3. The minimum absolute atomic E-state index is 0.110. The van der Waals surface area contributed by atoms with Crippen LogP contribution in [-0.2, 0) is 26.9 Å². The van der Waals surface area contributed by atoms with E-state index in [1.54, 1.807) is 33.8 Å². The van der Waals surface area contributed by atoms with Crippen molar-refractivity contribution >= 4 is 34.6 Å². The van der Waals surface area contributed by atoms with Crippen LogP contribution in [0.1, 0.15) is 76.8 Å². The van der Waals surface area contributed by atoms with Crippen molar-refractivity contribution in [2.45, 2.75) is 71.9 Å². The number of rotatable bonds is 9. The predicted octanol–water partition coefficient (Wildman–Crippen LogP) is 3.59. The molecule has 3 aromatic heterocycles. The van der Waals surface area contributed by atoms with Gasteiger partial charge in [-0.3, -0.25) is 24.3 Å².